The van der Waals surface area contributed by atoms with Crippen molar-refractivity contribution in [3.8, 4) is 0 Å². The van der Waals surface area contributed by atoms with Crippen molar-refractivity contribution in [3.05, 3.63) is 64.8 Å². The van der Waals surface area contributed by atoms with E-state index in [1.807, 2.05) is 24.4 Å². The van der Waals surface area contributed by atoms with Gasteiger partial charge < -0.3 is 9.88 Å². The fraction of sp³-hybridized carbons (Fsp3) is 0.286. The molecule has 4 nitrogen and oxygen atoms in total. The first kappa shape index (κ1) is 12.5. The molecule has 2 aromatic rings. The number of aromatic nitrogens is 2. The molecule has 0 saturated carbocycles. The van der Waals surface area contributed by atoms with E-state index < -0.39 is 0 Å². The average Bonchev–Trinajstić information content (AvgIpc) is 2.42. The Hall–Kier alpha value is -1.94. The molecule has 0 radical (unpaired) electrons. The van der Waals surface area contributed by atoms with Crippen LogP contribution in [0.25, 0.3) is 0 Å². The summed E-state index contributed by atoms with van der Waals surface area (Å²) in [5, 5.41) is 3.33. The molecule has 2 rings (SSSR count). The zero-order valence-corrected chi connectivity index (χ0v) is 10.2. The van der Waals surface area contributed by atoms with Crippen LogP contribution in [0.2, 0.25) is 0 Å². The molecular formula is C14H17N3O. The van der Waals surface area contributed by atoms with E-state index in [1.54, 1.807) is 29.1 Å². The van der Waals surface area contributed by atoms with Gasteiger partial charge in [0.2, 0.25) is 0 Å². The van der Waals surface area contributed by atoms with E-state index in [9.17, 15) is 4.79 Å². The molecule has 0 amide bonds. The summed E-state index contributed by atoms with van der Waals surface area (Å²) in [6, 6.07) is 9.25. The molecule has 0 aromatic carbocycles. The van der Waals surface area contributed by atoms with Gasteiger partial charge in [-0.25, -0.2) is 0 Å². The summed E-state index contributed by atoms with van der Waals surface area (Å²) in [5.74, 6) is 0. The Labute approximate surface area is 106 Å². The molecule has 0 aliphatic rings. The average molecular weight is 243 g/mol. The van der Waals surface area contributed by atoms with Crippen LogP contribution in [0.5, 0.6) is 0 Å². The standard InChI is InChI=1S/C14H17N3O/c18-14-3-1-2-11-17(14)12-10-16-9-6-13-4-7-15-8-5-13/h1-5,7-8,11,16H,6,9-10,12H2. The number of hydrogen-bond acceptors (Lipinski definition) is 3. The second-order valence-corrected chi connectivity index (χ2v) is 4.09. The van der Waals surface area contributed by atoms with Crippen LogP contribution in [-0.2, 0) is 13.0 Å². The first-order chi connectivity index (χ1) is 8.86. The van der Waals surface area contributed by atoms with Crippen LogP contribution in [-0.4, -0.2) is 22.6 Å². The second kappa shape index (κ2) is 6.71. The first-order valence-electron chi connectivity index (χ1n) is 6.11. The third-order valence-electron chi connectivity index (χ3n) is 2.77. The van der Waals surface area contributed by atoms with E-state index in [-0.39, 0.29) is 5.56 Å². The van der Waals surface area contributed by atoms with Gasteiger partial charge in [0.05, 0.1) is 0 Å². The number of rotatable bonds is 6. The molecule has 0 saturated heterocycles. The van der Waals surface area contributed by atoms with Gasteiger partial charge in [-0.15, -0.1) is 0 Å². The molecular weight excluding hydrogens is 226 g/mol. The SMILES string of the molecule is O=c1ccccn1CCNCCc1ccncc1. The molecule has 2 heterocycles. The number of nitrogens with zero attached hydrogens (tertiary/aromatic N) is 2. The van der Waals surface area contributed by atoms with Crippen LogP contribution >= 0.6 is 0 Å². The smallest absolute Gasteiger partial charge is 0.250 e. The number of hydrogen-bond donors (Lipinski definition) is 1. The van der Waals surface area contributed by atoms with Gasteiger partial charge in [-0.05, 0) is 36.7 Å². The molecule has 0 aliphatic carbocycles. The van der Waals surface area contributed by atoms with Gasteiger partial charge in [-0.1, -0.05) is 6.07 Å². The first-order valence-corrected chi connectivity index (χ1v) is 6.11. The van der Waals surface area contributed by atoms with Crippen LogP contribution in [0.3, 0.4) is 0 Å². The summed E-state index contributed by atoms with van der Waals surface area (Å²) < 4.78 is 1.71. The highest BCUT2D eigenvalue weighted by molar-refractivity contribution is 5.09. The predicted molar refractivity (Wildman–Crippen MR) is 71.5 cm³/mol. The van der Waals surface area contributed by atoms with Crippen molar-refractivity contribution in [1.29, 1.82) is 0 Å². The Morgan fingerprint density at radius 3 is 2.72 bits per heavy atom. The molecule has 94 valence electrons. The Bertz CT molecular complexity index is 522. The highest BCUT2D eigenvalue weighted by Gasteiger charge is 1.94. The minimum atomic E-state index is 0.0495. The molecule has 0 fully saturated rings. The summed E-state index contributed by atoms with van der Waals surface area (Å²) in [7, 11) is 0. The predicted octanol–water partition coefficient (Wildman–Crippen LogP) is 1.08. The largest absolute Gasteiger partial charge is 0.315 e. The molecule has 0 aliphatic heterocycles. The molecule has 0 atom stereocenters. The van der Waals surface area contributed by atoms with Crippen molar-refractivity contribution >= 4 is 0 Å². The van der Waals surface area contributed by atoms with Crippen molar-refractivity contribution in [3.63, 3.8) is 0 Å². The van der Waals surface area contributed by atoms with Gasteiger partial charge in [0.1, 0.15) is 0 Å². The van der Waals surface area contributed by atoms with Crippen LogP contribution in [0, 0.1) is 0 Å². The van der Waals surface area contributed by atoms with Gasteiger partial charge in [-0.2, -0.15) is 0 Å². The van der Waals surface area contributed by atoms with Gasteiger partial charge in [0, 0.05) is 37.7 Å². The minimum Gasteiger partial charge on any atom is -0.315 e. The van der Waals surface area contributed by atoms with Crippen molar-refractivity contribution in [1.82, 2.24) is 14.9 Å². The fourth-order valence-electron chi connectivity index (χ4n) is 1.75. The Balaban J connectivity index is 1.68. The van der Waals surface area contributed by atoms with Crippen molar-refractivity contribution in [2.75, 3.05) is 13.1 Å². The summed E-state index contributed by atoms with van der Waals surface area (Å²) in [6.45, 7) is 2.41. The Kier molecular flexibility index (Phi) is 4.67. The van der Waals surface area contributed by atoms with E-state index in [0.29, 0.717) is 6.54 Å². The van der Waals surface area contributed by atoms with Gasteiger partial charge in [0.15, 0.2) is 0 Å². The molecule has 2 aromatic heterocycles. The lowest BCUT2D eigenvalue weighted by molar-refractivity contribution is 0.586. The lowest BCUT2D eigenvalue weighted by atomic mass is 10.2. The van der Waals surface area contributed by atoms with Crippen molar-refractivity contribution in [2.45, 2.75) is 13.0 Å². The van der Waals surface area contributed by atoms with Crippen molar-refractivity contribution < 1.29 is 0 Å². The van der Waals surface area contributed by atoms with E-state index in [1.165, 1.54) is 5.56 Å². The Morgan fingerprint density at radius 1 is 1.11 bits per heavy atom. The lowest BCUT2D eigenvalue weighted by Gasteiger charge is -2.06. The van der Waals surface area contributed by atoms with Crippen molar-refractivity contribution in [2.24, 2.45) is 0 Å². The summed E-state index contributed by atoms with van der Waals surface area (Å²) >= 11 is 0. The van der Waals surface area contributed by atoms with Crippen LogP contribution < -0.4 is 10.9 Å². The highest BCUT2D eigenvalue weighted by Crippen LogP contribution is 1.95. The highest BCUT2D eigenvalue weighted by atomic mass is 16.1. The number of pyridine rings is 2. The molecule has 18 heavy (non-hydrogen) atoms. The zero-order chi connectivity index (χ0) is 12.6. The summed E-state index contributed by atoms with van der Waals surface area (Å²) in [6.07, 6.45) is 6.40. The van der Waals surface area contributed by atoms with Gasteiger partial charge >= 0.3 is 0 Å². The van der Waals surface area contributed by atoms with Crippen LogP contribution in [0.1, 0.15) is 5.56 Å². The fourth-order valence-corrected chi connectivity index (χ4v) is 1.75. The van der Waals surface area contributed by atoms with E-state index >= 15 is 0 Å². The normalized spacial score (nSPS) is 10.4. The second-order valence-electron chi connectivity index (χ2n) is 4.09. The maximum absolute atomic E-state index is 11.4. The van der Waals surface area contributed by atoms with E-state index in [4.69, 9.17) is 0 Å². The van der Waals surface area contributed by atoms with E-state index in [2.05, 4.69) is 10.3 Å². The monoisotopic (exact) mass is 243 g/mol. The molecule has 0 bridgehead atoms. The lowest BCUT2D eigenvalue weighted by Crippen LogP contribution is -2.27. The maximum Gasteiger partial charge on any atom is 0.250 e. The molecule has 4 heteroatoms. The molecule has 1 N–H and O–H groups in total. The molecule has 0 spiro atoms. The number of nitrogens with one attached hydrogen (secondary N) is 1. The van der Waals surface area contributed by atoms with Crippen LogP contribution in [0.4, 0.5) is 0 Å². The zero-order valence-electron chi connectivity index (χ0n) is 10.2. The van der Waals surface area contributed by atoms with Gasteiger partial charge in [0.25, 0.3) is 5.56 Å². The quantitative estimate of drug-likeness (QED) is 0.772. The maximum atomic E-state index is 11.4. The minimum absolute atomic E-state index is 0.0495. The molecule has 0 unspecified atom stereocenters. The summed E-state index contributed by atoms with van der Waals surface area (Å²) in [4.78, 5) is 15.4. The summed E-state index contributed by atoms with van der Waals surface area (Å²) in [5.41, 5.74) is 1.32. The van der Waals surface area contributed by atoms with E-state index in [0.717, 1.165) is 19.5 Å². The Morgan fingerprint density at radius 2 is 1.94 bits per heavy atom. The van der Waals surface area contributed by atoms with Gasteiger partial charge in [-0.3, -0.25) is 9.78 Å². The third-order valence-corrected chi connectivity index (χ3v) is 2.77. The topological polar surface area (TPSA) is 46.9 Å². The van der Waals surface area contributed by atoms with Crippen LogP contribution in [0.15, 0.2) is 53.7 Å². The third kappa shape index (κ3) is 3.82.